The molecule has 42 heavy (non-hydrogen) atoms. The summed E-state index contributed by atoms with van der Waals surface area (Å²) in [5, 5.41) is 9.12. The average molecular weight is 635 g/mol. The minimum absolute atomic E-state index is 0.0380. The third-order valence-corrected chi connectivity index (χ3v) is 11.3. The first kappa shape index (κ1) is 30.9. The Morgan fingerprint density at radius 2 is 1.81 bits per heavy atom. The van der Waals surface area contributed by atoms with E-state index in [4.69, 9.17) is 4.74 Å². The lowest BCUT2D eigenvalue weighted by Gasteiger charge is -2.35. The first-order chi connectivity index (χ1) is 19.5. The van der Waals surface area contributed by atoms with Gasteiger partial charge in [-0.1, -0.05) is 0 Å². The number of hydrogen-bond donors (Lipinski definition) is 1. The highest BCUT2D eigenvalue weighted by molar-refractivity contribution is 8.00. The molecule has 2 aromatic carbocycles. The fourth-order valence-electron chi connectivity index (χ4n) is 5.14. The van der Waals surface area contributed by atoms with E-state index in [0.29, 0.717) is 23.4 Å². The summed E-state index contributed by atoms with van der Waals surface area (Å²) < 4.78 is 104. The van der Waals surface area contributed by atoms with E-state index in [-0.39, 0.29) is 48.7 Å². The number of carbonyl (C=O) groups is 1. The number of ether oxygens (including phenoxy) is 1. The number of benzene rings is 2. The number of nitrogens with zero attached hydrogens (tertiary/aromatic N) is 2. The Hall–Kier alpha value is -2.58. The van der Waals surface area contributed by atoms with Gasteiger partial charge in [0.2, 0.25) is 21.9 Å². The van der Waals surface area contributed by atoms with Crippen LogP contribution in [0.4, 0.5) is 33.3 Å². The molecule has 0 radical (unpaired) electrons. The SMILES string of the molecule is CN1[C@H](CCC(C)(F)F)CN(c2ccc(F)cc2)c2cc(SC3CC(F)(F)C3)c(OCC3(C(=O)O)CC3)cc2S1(=O)=O. The maximum atomic E-state index is 13.9. The molecule has 0 spiro atoms. The summed E-state index contributed by atoms with van der Waals surface area (Å²) in [5.41, 5.74) is -0.552. The fourth-order valence-corrected chi connectivity index (χ4v) is 8.13. The van der Waals surface area contributed by atoms with Gasteiger partial charge in [0.05, 0.1) is 10.6 Å². The van der Waals surface area contributed by atoms with Gasteiger partial charge >= 0.3 is 5.97 Å². The number of fused-ring (bicyclic) bond motifs is 1. The molecule has 0 amide bonds. The maximum Gasteiger partial charge on any atom is 0.313 e. The summed E-state index contributed by atoms with van der Waals surface area (Å²) in [6.07, 6.45) is -0.754. The van der Waals surface area contributed by atoms with Gasteiger partial charge in [-0.15, -0.1) is 11.8 Å². The highest BCUT2D eigenvalue weighted by Gasteiger charge is 2.52. The van der Waals surface area contributed by atoms with Crippen molar-refractivity contribution in [2.75, 3.05) is 25.1 Å². The van der Waals surface area contributed by atoms with E-state index < -0.39 is 56.8 Å². The van der Waals surface area contributed by atoms with Gasteiger partial charge in [0.25, 0.3) is 0 Å². The molecule has 0 aromatic heterocycles. The van der Waals surface area contributed by atoms with Crippen molar-refractivity contribution in [2.45, 2.75) is 78.4 Å². The topological polar surface area (TPSA) is 87.2 Å². The molecule has 2 aliphatic carbocycles. The van der Waals surface area contributed by atoms with E-state index >= 15 is 0 Å². The third kappa shape index (κ3) is 6.35. The van der Waals surface area contributed by atoms with Crippen LogP contribution in [-0.4, -0.2) is 67.1 Å². The number of anilines is 2. The molecule has 3 aliphatic rings. The second-order valence-electron chi connectivity index (χ2n) is 11.5. The predicted octanol–water partition coefficient (Wildman–Crippen LogP) is 6.54. The first-order valence-corrected chi connectivity index (χ1v) is 15.8. The summed E-state index contributed by atoms with van der Waals surface area (Å²) >= 11 is 1.09. The summed E-state index contributed by atoms with van der Waals surface area (Å²) in [4.78, 5) is 13.5. The Bertz CT molecular complexity index is 1450. The zero-order chi connectivity index (χ0) is 30.7. The Morgan fingerprint density at radius 3 is 2.36 bits per heavy atom. The van der Waals surface area contributed by atoms with Gasteiger partial charge in [0.1, 0.15) is 28.5 Å². The van der Waals surface area contributed by atoms with Gasteiger partial charge in [-0.05, 0) is 56.5 Å². The van der Waals surface area contributed by atoms with Crippen LogP contribution in [0.3, 0.4) is 0 Å². The summed E-state index contributed by atoms with van der Waals surface area (Å²) in [5.74, 6) is -7.39. The predicted molar refractivity (Wildman–Crippen MR) is 147 cm³/mol. The Kier molecular flexibility index (Phi) is 7.97. The van der Waals surface area contributed by atoms with Crippen LogP contribution in [0.5, 0.6) is 5.75 Å². The molecule has 0 saturated heterocycles. The van der Waals surface area contributed by atoms with Crippen molar-refractivity contribution in [2.24, 2.45) is 5.41 Å². The van der Waals surface area contributed by atoms with Crippen LogP contribution < -0.4 is 9.64 Å². The molecule has 1 N–H and O–H groups in total. The van der Waals surface area contributed by atoms with Crippen LogP contribution >= 0.6 is 11.8 Å². The van der Waals surface area contributed by atoms with Crippen molar-refractivity contribution in [1.82, 2.24) is 4.31 Å². The Labute approximate surface area is 245 Å². The molecule has 2 aromatic rings. The molecule has 0 bridgehead atoms. The largest absolute Gasteiger partial charge is 0.491 e. The van der Waals surface area contributed by atoms with Crippen molar-refractivity contribution in [3.8, 4) is 5.75 Å². The van der Waals surface area contributed by atoms with Gasteiger partial charge in [-0.2, -0.15) is 4.31 Å². The van der Waals surface area contributed by atoms with Gasteiger partial charge < -0.3 is 14.7 Å². The van der Waals surface area contributed by atoms with E-state index in [1.165, 1.54) is 43.4 Å². The van der Waals surface area contributed by atoms with Gasteiger partial charge in [0, 0.05) is 55.9 Å². The van der Waals surface area contributed by atoms with Crippen molar-refractivity contribution >= 4 is 39.1 Å². The number of rotatable bonds is 10. The summed E-state index contributed by atoms with van der Waals surface area (Å²) in [6.45, 7) is 0.477. The van der Waals surface area contributed by atoms with E-state index in [9.17, 15) is 40.3 Å². The fraction of sp³-hybridized carbons (Fsp3) is 0.536. The number of thioether (sulfide) groups is 1. The van der Waals surface area contributed by atoms with Crippen LogP contribution in [0.2, 0.25) is 0 Å². The number of carboxylic acids is 1. The molecule has 0 unspecified atom stereocenters. The molecular formula is C28H31F5N2O5S2. The molecular weight excluding hydrogens is 603 g/mol. The Balaban J connectivity index is 1.61. The number of alkyl halides is 4. The molecule has 230 valence electrons. The van der Waals surface area contributed by atoms with E-state index in [1.807, 2.05) is 0 Å². The molecule has 2 saturated carbocycles. The normalized spacial score (nSPS) is 23.0. The zero-order valence-corrected chi connectivity index (χ0v) is 24.6. The van der Waals surface area contributed by atoms with Crippen LogP contribution in [0.25, 0.3) is 0 Å². The molecule has 1 aliphatic heterocycles. The lowest BCUT2D eigenvalue weighted by molar-refractivity contribution is -0.144. The zero-order valence-electron chi connectivity index (χ0n) is 23.0. The second kappa shape index (κ2) is 10.8. The number of likely N-dealkylation sites (N-methyl/N-ethyl adjacent to an activating group) is 1. The lowest BCUT2D eigenvalue weighted by Crippen LogP contribution is -2.41. The molecule has 2 fully saturated rings. The number of carboxylic acid groups (broad SMARTS) is 1. The quantitative estimate of drug-likeness (QED) is 0.297. The first-order valence-electron chi connectivity index (χ1n) is 13.5. The minimum Gasteiger partial charge on any atom is -0.491 e. The number of halogens is 5. The minimum atomic E-state index is -4.31. The van der Waals surface area contributed by atoms with Crippen LogP contribution in [0.15, 0.2) is 46.2 Å². The number of sulfonamides is 1. The highest BCUT2D eigenvalue weighted by atomic mass is 32.2. The third-order valence-electron chi connectivity index (χ3n) is 8.09. The van der Waals surface area contributed by atoms with Gasteiger partial charge in [-0.25, -0.2) is 30.4 Å². The van der Waals surface area contributed by atoms with Crippen molar-refractivity contribution in [1.29, 1.82) is 0 Å². The van der Waals surface area contributed by atoms with Crippen LogP contribution in [-0.2, 0) is 14.8 Å². The van der Waals surface area contributed by atoms with Crippen molar-refractivity contribution in [3.63, 3.8) is 0 Å². The monoisotopic (exact) mass is 634 g/mol. The molecule has 1 heterocycles. The smallest absolute Gasteiger partial charge is 0.313 e. The van der Waals surface area contributed by atoms with Crippen molar-refractivity contribution < 1.29 is 45.0 Å². The van der Waals surface area contributed by atoms with Crippen LogP contribution in [0, 0.1) is 11.2 Å². The summed E-state index contributed by atoms with van der Waals surface area (Å²) in [6, 6.07) is 7.12. The number of hydrogen-bond acceptors (Lipinski definition) is 6. The molecule has 1 atom stereocenters. The van der Waals surface area contributed by atoms with E-state index in [2.05, 4.69) is 0 Å². The molecule has 5 rings (SSSR count). The van der Waals surface area contributed by atoms with E-state index in [0.717, 1.165) is 23.0 Å². The summed E-state index contributed by atoms with van der Waals surface area (Å²) in [7, 11) is -3.01. The van der Waals surface area contributed by atoms with Crippen LogP contribution in [0.1, 0.15) is 45.4 Å². The number of aliphatic carboxylic acids is 1. The standard InChI is InChI=1S/C28H31F5N2O5S2/c1-26(30,31)8-7-19-15-35(18-5-3-17(29)4-6-18)21-11-23(41-20-13-28(32,33)14-20)22(12-24(21)42(38,39)34(19)2)40-16-27(9-10-27)25(36)37/h3-6,11-12,19-20H,7-10,13-16H2,1-2H3,(H,36,37)/t19-/m1/s1. The average Bonchev–Trinajstić information content (AvgIpc) is 3.68. The van der Waals surface area contributed by atoms with Gasteiger partial charge in [-0.3, -0.25) is 4.79 Å². The second-order valence-corrected chi connectivity index (χ2v) is 14.8. The Morgan fingerprint density at radius 1 is 1.17 bits per heavy atom. The molecule has 14 heteroatoms. The molecule has 7 nitrogen and oxygen atoms in total. The van der Waals surface area contributed by atoms with E-state index in [1.54, 1.807) is 4.90 Å². The van der Waals surface area contributed by atoms with Crippen molar-refractivity contribution in [3.05, 3.63) is 42.2 Å². The lowest BCUT2D eigenvalue weighted by atomic mass is 9.94. The van der Waals surface area contributed by atoms with Gasteiger partial charge in [0.15, 0.2) is 0 Å². The maximum absolute atomic E-state index is 13.9. The highest BCUT2D eigenvalue weighted by Crippen LogP contribution is 2.52.